The predicted octanol–water partition coefficient (Wildman–Crippen LogP) is 4.24. The van der Waals surface area contributed by atoms with E-state index in [1.165, 1.54) is 18.2 Å². The van der Waals surface area contributed by atoms with Crippen molar-refractivity contribution in [2.45, 2.75) is 12.3 Å². The van der Waals surface area contributed by atoms with Crippen LogP contribution < -0.4 is 14.6 Å². The van der Waals surface area contributed by atoms with Gasteiger partial charge in [-0.05, 0) is 36.4 Å². The molecule has 136 valence electrons. The molecule has 2 aromatic carbocycles. The summed E-state index contributed by atoms with van der Waals surface area (Å²) in [5.41, 5.74) is -1.12. The van der Waals surface area contributed by atoms with E-state index in [9.17, 15) is 23.1 Å². The number of carboxylic acid groups (broad SMARTS) is 1. The number of carbonyl (C=O) groups excluding carboxylic acids is 1. The summed E-state index contributed by atoms with van der Waals surface area (Å²) >= 11 is 11.9. The van der Waals surface area contributed by atoms with Gasteiger partial charge >= 0.3 is 6.18 Å². The molecule has 0 saturated carbocycles. The Morgan fingerprint density at radius 2 is 1.92 bits per heavy atom. The summed E-state index contributed by atoms with van der Waals surface area (Å²) in [6.45, 7) is 0. The predicted molar refractivity (Wildman–Crippen MR) is 86.4 cm³/mol. The molecular formula is C17H8Cl2F3O4-. The number of carboxylic acids is 1. The molecule has 3 rings (SSSR count). The van der Waals surface area contributed by atoms with Crippen molar-refractivity contribution in [1.82, 2.24) is 0 Å². The van der Waals surface area contributed by atoms with E-state index in [1.807, 2.05) is 0 Å². The van der Waals surface area contributed by atoms with Crippen LogP contribution in [0.1, 0.15) is 5.56 Å². The quantitative estimate of drug-likeness (QED) is 0.768. The van der Waals surface area contributed by atoms with Gasteiger partial charge in [0.15, 0.2) is 5.75 Å². The molecule has 0 N–H and O–H groups in total. The van der Waals surface area contributed by atoms with Crippen LogP contribution in [0.3, 0.4) is 0 Å². The van der Waals surface area contributed by atoms with Gasteiger partial charge in [-0.1, -0.05) is 29.3 Å². The van der Waals surface area contributed by atoms with Crippen LogP contribution >= 0.6 is 23.2 Å². The zero-order valence-corrected chi connectivity index (χ0v) is 14.2. The average Bonchev–Trinajstić information content (AvgIpc) is 2.55. The standard InChI is InChI=1S/C17H9Cl2F3O4/c18-8-2-1-3-9(6-8)25-14-10-7-11(16(23)24)15(17(20,21)22)26-13(10)5-4-12(14)19/h1-7,15H,(H,23,24)/p-1. The number of halogens is 5. The van der Waals surface area contributed by atoms with Crippen LogP contribution in [0.25, 0.3) is 6.08 Å². The van der Waals surface area contributed by atoms with Gasteiger partial charge in [0, 0.05) is 10.6 Å². The molecule has 0 aliphatic carbocycles. The number of carbonyl (C=O) groups is 1. The molecule has 2 aromatic rings. The first kappa shape index (κ1) is 18.4. The number of alkyl halides is 3. The number of hydrogen-bond acceptors (Lipinski definition) is 4. The van der Waals surface area contributed by atoms with Crippen LogP contribution in [-0.2, 0) is 4.79 Å². The van der Waals surface area contributed by atoms with Crippen LogP contribution in [0.15, 0.2) is 42.0 Å². The van der Waals surface area contributed by atoms with E-state index in [2.05, 4.69) is 0 Å². The molecule has 0 bridgehead atoms. The van der Waals surface area contributed by atoms with E-state index in [0.717, 1.165) is 6.08 Å². The molecule has 1 aliphatic heterocycles. The smallest absolute Gasteiger partial charge is 0.429 e. The third-order valence-electron chi connectivity index (χ3n) is 3.48. The summed E-state index contributed by atoms with van der Waals surface area (Å²) in [4.78, 5) is 11.2. The molecule has 1 unspecified atom stereocenters. The lowest BCUT2D eigenvalue weighted by molar-refractivity contribution is -0.302. The lowest BCUT2D eigenvalue weighted by Gasteiger charge is -2.30. The third kappa shape index (κ3) is 3.59. The normalized spacial score (nSPS) is 16.3. The molecule has 0 spiro atoms. The summed E-state index contributed by atoms with van der Waals surface area (Å²) in [5.74, 6) is -2.04. The van der Waals surface area contributed by atoms with Crippen molar-refractivity contribution in [1.29, 1.82) is 0 Å². The van der Waals surface area contributed by atoms with Gasteiger partial charge in [0.25, 0.3) is 0 Å². The summed E-state index contributed by atoms with van der Waals surface area (Å²) in [6.07, 6.45) is -6.80. The third-order valence-corrected chi connectivity index (χ3v) is 4.02. The van der Waals surface area contributed by atoms with Gasteiger partial charge in [-0.2, -0.15) is 13.2 Å². The van der Waals surface area contributed by atoms with E-state index in [4.69, 9.17) is 32.7 Å². The van der Waals surface area contributed by atoms with Crippen molar-refractivity contribution in [3.05, 3.63) is 57.6 Å². The van der Waals surface area contributed by atoms with E-state index in [-0.39, 0.29) is 27.8 Å². The van der Waals surface area contributed by atoms with E-state index >= 15 is 0 Å². The Morgan fingerprint density at radius 3 is 2.54 bits per heavy atom. The number of hydrogen-bond donors (Lipinski definition) is 0. The highest BCUT2D eigenvalue weighted by Gasteiger charge is 2.47. The summed E-state index contributed by atoms with van der Waals surface area (Å²) in [5, 5.41) is 11.6. The lowest BCUT2D eigenvalue weighted by Crippen LogP contribution is -2.44. The van der Waals surface area contributed by atoms with Gasteiger partial charge in [0.2, 0.25) is 6.10 Å². The first-order chi connectivity index (χ1) is 12.2. The lowest BCUT2D eigenvalue weighted by atomic mass is 10.0. The second-order valence-electron chi connectivity index (χ2n) is 5.27. The van der Waals surface area contributed by atoms with Crippen molar-refractivity contribution in [3.8, 4) is 17.2 Å². The first-order valence-corrected chi connectivity index (χ1v) is 7.84. The Kier molecular flexibility index (Phi) is 4.77. The van der Waals surface area contributed by atoms with Crippen molar-refractivity contribution in [2.24, 2.45) is 0 Å². The minimum atomic E-state index is -4.93. The van der Waals surface area contributed by atoms with Gasteiger partial charge in [0.05, 0.1) is 16.6 Å². The van der Waals surface area contributed by atoms with Gasteiger partial charge < -0.3 is 19.4 Å². The van der Waals surface area contributed by atoms with Crippen molar-refractivity contribution in [3.63, 3.8) is 0 Å². The van der Waals surface area contributed by atoms with Crippen molar-refractivity contribution >= 4 is 35.2 Å². The van der Waals surface area contributed by atoms with Crippen LogP contribution in [0, 0.1) is 0 Å². The summed E-state index contributed by atoms with van der Waals surface area (Å²) in [7, 11) is 0. The van der Waals surface area contributed by atoms with Crippen LogP contribution in [-0.4, -0.2) is 18.2 Å². The zero-order valence-electron chi connectivity index (χ0n) is 12.6. The molecule has 0 saturated heterocycles. The fourth-order valence-corrected chi connectivity index (χ4v) is 2.76. The SMILES string of the molecule is O=C([O-])C1=Cc2c(ccc(Cl)c2Oc2cccc(Cl)c2)OC1C(F)(F)F. The molecule has 1 heterocycles. The maximum Gasteiger partial charge on any atom is 0.429 e. The highest BCUT2D eigenvalue weighted by molar-refractivity contribution is 6.32. The molecule has 1 atom stereocenters. The summed E-state index contributed by atoms with van der Waals surface area (Å²) < 4.78 is 49.7. The van der Waals surface area contributed by atoms with Gasteiger partial charge in [-0.15, -0.1) is 0 Å². The molecule has 4 nitrogen and oxygen atoms in total. The molecule has 0 amide bonds. The summed E-state index contributed by atoms with van der Waals surface area (Å²) in [6, 6.07) is 8.69. The zero-order chi connectivity index (χ0) is 19.1. The first-order valence-electron chi connectivity index (χ1n) is 7.09. The highest BCUT2D eigenvalue weighted by Crippen LogP contribution is 2.45. The van der Waals surface area contributed by atoms with Crippen LogP contribution in [0.4, 0.5) is 13.2 Å². The highest BCUT2D eigenvalue weighted by atomic mass is 35.5. The van der Waals surface area contributed by atoms with Gasteiger partial charge in [-0.3, -0.25) is 0 Å². The largest absolute Gasteiger partial charge is 0.545 e. The molecule has 1 aliphatic rings. The van der Waals surface area contributed by atoms with Crippen molar-refractivity contribution in [2.75, 3.05) is 0 Å². The number of rotatable bonds is 3. The molecular weight excluding hydrogens is 396 g/mol. The fourth-order valence-electron chi connectivity index (χ4n) is 2.38. The fraction of sp³-hybridized carbons (Fsp3) is 0.118. The second kappa shape index (κ2) is 6.74. The van der Waals surface area contributed by atoms with Gasteiger partial charge in [-0.25, -0.2) is 0 Å². The maximum atomic E-state index is 13.1. The van der Waals surface area contributed by atoms with Gasteiger partial charge in [0.1, 0.15) is 11.5 Å². The average molecular weight is 404 g/mol. The van der Waals surface area contributed by atoms with E-state index in [0.29, 0.717) is 5.02 Å². The number of benzene rings is 2. The minimum absolute atomic E-state index is 0.0443. The number of fused-ring (bicyclic) bond motifs is 1. The van der Waals surface area contributed by atoms with Crippen LogP contribution in [0.5, 0.6) is 17.2 Å². The van der Waals surface area contributed by atoms with E-state index in [1.54, 1.807) is 18.2 Å². The Hall–Kier alpha value is -2.38. The Bertz CT molecular complexity index is 909. The Labute approximate surface area is 155 Å². The van der Waals surface area contributed by atoms with E-state index < -0.39 is 23.8 Å². The van der Waals surface area contributed by atoms with Crippen LogP contribution in [0.2, 0.25) is 10.0 Å². The maximum absolute atomic E-state index is 13.1. The monoisotopic (exact) mass is 403 g/mol. The Balaban J connectivity index is 2.11. The molecule has 0 radical (unpaired) electrons. The topological polar surface area (TPSA) is 58.6 Å². The number of ether oxygens (including phenoxy) is 2. The Morgan fingerprint density at radius 1 is 1.19 bits per heavy atom. The number of aliphatic carboxylic acids is 1. The van der Waals surface area contributed by atoms with Crippen molar-refractivity contribution < 1.29 is 32.5 Å². The molecule has 0 fully saturated rings. The molecule has 26 heavy (non-hydrogen) atoms. The second-order valence-corrected chi connectivity index (χ2v) is 6.12. The minimum Gasteiger partial charge on any atom is -0.545 e. The molecule has 9 heteroatoms. The molecule has 0 aromatic heterocycles.